The van der Waals surface area contributed by atoms with Crippen LogP contribution in [0, 0.1) is 0 Å². The van der Waals surface area contributed by atoms with Crippen molar-refractivity contribution in [1.29, 1.82) is 0 Å². The van der Waals surface area contributed by atoms with E-state index in [1.807, 2.05) is 25.1 Å². The van der Waals surface area contributed by atoms with Gasteiger partial charge in [0, 0.05) is 12.5 Å². The van der Waals surface area contributed by atoms with Crippen LogP contribution in [0.25, 0.3) is 10.2 Å². The van der Waals surface area contributed by atoms with E-state index in [2.05, 4.69) is 4.98 Å². The number of ether oxygens (including phenoxy) is 1. The molecule has 0 N–H and O–H groups in total. The molecule has 2 heterocycles. The minimum atomic E-state index is -0.337. The van der Waals surface area contributed by atoms with Crippen molar-refractivity contribution in [3.8, 4) is 5.75 Å². The highest BCUT2D eigenvalue weighted by Crippen LogP contribution is 2.38. The molecule has 2 aliphatic rings. The molecule has 1 saturated carbocycles. The highest BCUT2D eigenvalue weighted by atomic mass is 32.2. The Morgan fingerprint density at radius 2 is 2.08 bits per heavy atom. The van der Waals surface area contributed by atoms with E-state index in [0.717, 1.165) is 46.0 Å². The maximum atomic E-state index is 12.8. The first kappa shape index (κ1) is 17.8. The molecule has 4 rings (SSSR count). The minimum absolute atomic E-state index is 0.0147. The molecular weight excluding hydrogens is 368 g/mol. The largest absolute Gasteiger partial charge is 0.494 e. The Morgan fingerprint density at radius 1 is 1.27 bits per heavy atom. The van der Waals surface area contributed by atoms with E-state index in [4.69, 9.17) is 4.74 Å². The van der Waals surface area contributed by atoms with Gasteiger partial charge in [-0.25, -0.2) is 4.98 Å². The molecule has 1 aliphatic carbocycles. The number of aromatic nitrogens is 1. The molecule has 0 radical (unpaired) electrons. The Hall–Kier alpha value is -1.60. The molecule has 2 aromatic rings. The minimum Gasteiger partial charge on any atom is -0.494 e. The van der Waals surface area contributed by atoms with E-state index in [1.54, 1.807) is 16.2 Å². The van der Waals surface area contributed by atoms with E-state index in [1.165, 1.54) is 18.2 Å². The van der Waals surface area contributed by atoms with Crippen molar-refractivity contribution in [1.82, 2.24) is 9.88 Å². The Balaban J connectivity index is 1.49. The number of nitrogens with zero attached hydrogens (tertiary/aromatic N) is 2. The number of rotatable bonds is 5. The normalized spacial score (nSPS) is 21.7. The number of hydrogen-bond acceptors (Lipinski definition) is 6. The van der Waals surface area contributed by atoms with Gasteiger partial charge < -0.3 is 4.74 Å². The zero-order valence-corrected chi connectivity index (χ0v) is 16.4. The lowest BCUT2D eigenvalue weighted by atomic mass is 9.94. The second-order valence-corrected chi connectivity index (χ2v) is 9.23. The molecule has 5 nitrogen and oxygen atoms in total. The summed E-state index contributed by atoms with van der Waals surface area (Å²) in [6.07, 6.45) is 5.63. The van der Waals surface area contributed by atoms with Crippen molar-refractivity contribution < 1.29 is 14.3 Å². The van der Waals surface area contributed by atoms with Crippen molar-refractivity contribution in [2.75, 3.05) is 6.61 Å². The van der Waals surface area contributed by atoms with E-state index in [-0.39, 0.29) is 23.1 Å². The fraction of sp³-hybridized carbons (Fsp3) is 0.526. The van der Waals surface area contributed by atoms with Crippen molar-refractivity contribution in [3.63, 3.8) is 0 Å². The third-order valence-corrected chi connectivity index (χ3v) is 7.27. The van der Waals surface area contributed by atoms with Gasteiger partial charge in [-0.3, -0.25) is 14.5 Å². The van der Waals surface area contributed by atoms with Gasteiger partial charge in [0.25, 0.3) is 0 Å². The molecule has 0 bridgehead atoms. The van der Waals surface area contributed by atoms with Gasteiger partial charge in [-0.05, 0) is 38.0 Å². The average molecular weight is 391 g/mol. The molecule has 0 spiro atoms. The van der Waals surface area contributed by atoms with Crippen LogP contribution in [0.1, 0.15) is 45.4 Å². The van der Waals surface area contributed by atoms with Crippen molar-refractivity contribution in [2.45, 2.75) is 61.1 Å². The summed E-state index contributed by atoms with van der Waals surface area (Å²) < 4.78 is 7.41. The van der Waals surface area contributed by atoms with Crippen LogP contribution in [0.4, 0.5) is 0 Å². The maximum Gasteiger partial charge on any atom is 0.243 e. The summed E-state index contributed by atoms with van der Waals surface area (Å²) in [6.45, 7) is 2.58. The monoisotopic (exact) mass is 390 g/mol. The predicted molar refractivity (Wildman–Crippen MR) is 104 cm³/mol. The third-order valence-electron chi connectivity index (χ3n) is 4.98. The lowest BCUT2D eigenvalue weighted by molar-refractivity contribution is -0.141. The van der Waals surface area contributed by atoms with Gasteiger partial charge >= 0.3 is 0 Å². The summed E-state index contributed by atoms with van der Waals surface area (Å²) in [5, 5.41) is -0.337. The second-order valence-electron chi connectivity index (χ2n) is 6.75. The molecule has 138 valence electrons. The van der Waals surface area contributed by atoms with Crippen LogP contribution in [-0.2, 0) is 9.59 Å². The number of imide groups is 1. The summed E-state index contributed by atoms with van der Waals surface area (Å²) in [7, 11) is 0. The first-order chi connectivity index (χ1) is 12.7. The van der Waals surface area contributed by atoms with Crippen LogP contribution < -0.4 is 4.74 Å². The Kier molecular flexibility index (Phi) is 5.18. The summed E-state index contributed by atoms with van der Waals surface area (Å²) in [5.74, 6) is 0.788. The Bertz CT molecular complexity index is 829. The van der Waals surface area contributed by atoms with Gasteiger partial charge in [-0.2, -0.15) is 0 Å². The summed E-state index contributed by atoms with van der Waals surface area (Å²) >= 11 is 2.98. The van der Waals surface area contributed by atoms with Crippen LogP contribution in [0.15, 0.2) is 22.5 Å². The standard InChI is InChI=1S/C19H22N2O3S2/c1-2-24-13-8-9-14-15(10-13)25-19(20-14)26-16-11-17(22)21(18(16)23)12-6-4-3-5-7-12/h8-10,12,16H,2-7,11H2,1H3. The zero-order valence-electron chi connectivity index (χ0n) is 14.8. The van der Waals surface area contributed by atoms with Crippen molar-refractivity contribution >= 4 is 45.1 Å². The quantitative estimate of drug-likeness (QED) is 0.715. The number of thioether (sulfide) groups is 1. The highest BCUT2D eigenvalue weighted by molar-refractivity contribution is 8.02. The molecule has 1 unspecified atom stereocenters. The smallest absolute Gasteiger partial charge is 0.243 e. The first-order valence-corrected chi connectivity index (χ1v) is 10.9. The molecule has 1 aliphatic heterocycles. The zero-order chi connectivity index (χ0) is 18.1. The fourth-order valence-corrected chi connectivity index (χ4v) is 6.12. The summed E-state index contributed by atoms with van der Waals surface area (Å²) in [6, 6.07) is 5.95. The topological polar surface area (TPSA) is 59.5 Å². The van der Waals surface area contributed by atoms with Crippen LogP contribution in [0.5, 0.6) is 5.75 Å². The number of benzene rings is 1. The molecule has 26 heavy (non-hydrogen) atoms. The molecule has 1 atom stereocenters. The number of thiazole rings is 1. The van der Waals surface area contributed by atoms with E-state index >= 15 is 0 Å². The number of carbonyl (C=O) groups excluding carboxylic acids is 2. The van der Waals surface area contributed by atoms with Crippen molar-refractivity contribution in [3.05, 3.63) is 18.2 Å². The van der Waals surface area contributed by atoms with Crippen LogP contribution in [0.3, 0.4) is 0 Å². The van der Waals surface area contributed by atoms with Crippen molar-refractivity contribution in [2.24, 2.45) is 0 Å². The van der Waals surface area contributed by atoms with Gasteiger partial charge in [0.1, 0.15) is 5.75 Å². The highest BCUT2D eigenvalue weighted by Gasteiger charge is 2.43. The summed E-state index contributed by atoms with van der Waals surface area (Å²) in [4.78, 5) is 31.4. The van der Waals surface area contributed by atoms with E-state index in [0.29, 0.717) is 13.0 Å². The van der Waals surface area contributed by atoms with Crippen LogP contribution in [-0.4, -0.2) is 39.6 Å². The van der Waals surface area contributed by atoms with Crippen LogP contribution >= 0.6 is 23.1 Å². The van der Waals surface area contributed by atoms with Crippen LogP contribution in [0.2, 0.25) is 0 Å². The number of hydrogen-bond donors (Lipinski definition) is 0. The van der Waals surface area contributed by atoms with E-state index < -0.39 is 0 Å². The lowest BCUT2D eigenvalue weighted by Gasteiger charge is -2.29. The van der Waals surface area contributed by atoms with Gasteiger partial charge in [0.15, 0.2) is 4.34 Å². The van der Waals surface area contributed by atoms with Gasteiger partial charge in [0.2, 0.25) is 11.8 Å². The Labute approximate surface area is 161 Å². The number of likely N-dealkylation sites (tertiary alicyclic amines) is 1. The molecule has 2 amide bonds. The second kappa shape index (κ2) is 7.56. The molecule has 1 aromatic heterocycles. The third kappa shape index (κ3) is 3.47. The molecule has 1 aromatic carbocycles. The predicted octanol–water partition coefficient (Wildman–Crippen LogP) is 4.25. The van der Waals surface area contributed by atoms with Gasteiger partial charge in [-0.15, -0.1) is 11.3 Å². The number of carbonyl (C=O) groups is 2. The summed E-state index contributed by atoms with van der Waals surface area (Å²) in [5.41, 5.74) is 0.905. The number of amides is 2. The maximum absolute atomic E-state index is 12.8. The molecule has 2 fully saturated rings. The molecular formula is C19H22N2O3S2. The Morgan fingerprint density at radius 3 is 2.85 bits per heavy atom. The molecule has 1 saturated heterocycles. The molecule has 7 heteroatoms. The van der Waals surface area contributed by atoms with Gasteiger partial charge in [-0.1, -0.05) is 31.0 Å². The average Bonchev–Trinajstić information content (AvgIpc) is 3.16. The van der Waals surface area contributed by atoms with E-state index in [9.17, 15) is 9.59 Å². The van der Waals surface area contributed by atoms with Gasteiger partial charge in [0.05, 0.1) is 22.1 Å². The SMILES string of the molecule is CCOc1ccc2nc(SC3CC(=O)N(C4CCCCC4)C3=O)sc2c1. The lowest BCUT2D eigenvalue weighted by Crippen LogP contribution is -2.41. The fourth-order valence-electron chi connectivity index (χ4n) is 3.75. The number of fused-ring (bicyclic) bond motifs is 1. The first-order valence-electron chi connectivity index (χ1n) is 9.21.